The number of fused-ring (bicyclic) bond motifs is 1. The van der Waals surface area contributed by atoms with Gasteiger partial charge in [0.1, 0.15) is 11.8 Å². The molecule has 1 atom stereocenters. The van der Waals surface area contributed by atoms with Gasteiger partial charge in [-0.05, 0) is 25.5 Å². The second-order valence-corrected chi connectivity index (χ2v) is 7.87. The van der Waals surface area contributed by atoms with E-state index in [4.69, 9.17) is 0 Å². The number of hydrogen-bond donors (Lipinski definition) is 1. The van der Waals surface area contributed by atoms with Crippen LogP contribution in [-0.2, 0) is 13.1 Å². The van der Waals surface area contributed by atoms with Gasteiger partial charge in [0.2, 0.25) is 0 Å². The van der Waals surface area contributed by atoms with Crippen molar-refractivity contribution >= 4 is 17.2 Å². The zero-order valence-corrected chi connectivity index (χ0v) is 15.5. The molecule has 1 N–H and O–H groups in total. The molecule has 0 saturated carbocycles. The highest BCUT2D eigenvalue weighted by Crippen LogP contribution is 2.25. The number of thiazole rings is 1. The van der Waals surface area contributed by atoms with Crippen LogP contribution in [0.25, 0.3) is 0 Å². The molecular weight excluding hydrogens is 348 g/mol. The van der Waals surface area contributed by atoms with Crippen molar-refractivity contribution in [1.82, 2.24) is 19.7 Å². The van der Waals surface area contributed by atoms with E-state index in [2.05, 4.69) is 10.1 Å². The lowest BCUT2D eigenvalue weighted by Crippen LogP contribution is -2.38. The van der Waals surface area contributed by atoms with E-state index in [1.807, 2.05) is 54.9 Å². The molecular formula is C19H20N4O2S. The molecule has 4 rings (SSSR count). The molecule has 1 aliphatic heterocycles. The van der Waals surface area contributed by atoms with Crippen LogP contribution in [0.1, 0.15) is 43.4 Å². The Morgan fingerprint density at radius 3 is 2.69 bits per heavy atom. The molecule has 26 heavy (non-hydrogen) atoms. The van der Waals surface area contributed by atoms with E-state index >= 15 is 0 Å². The van der Waals surface area contributed by atoms with E-state index in [0.717, 1.165) is 21.1 Å². The molecule has 6 nitrogen and oxygen atoms in total. The first-order chi connectivity index (χ1) is 12.5. The van der Waals surface area contributed by atoms with E-state index in [9.17, 15) is 9.90 Å². The highest BCUT2D eigenvalue weighted by Gasteiger charge is 2.27. The third kappa shape index (κ3) is 3.04. The first-order valence-corrected chi connectivity index (χ1v) is 9.37. The van der Waals surface area contributed by atoms with Gasteiger partial charge in [0, 0.05) is 11.4 Å². The topological polar surface area (TPSA) is 71.2 Å². The van der Waals surface area contributed by atoms with E-state index < -0.39 is 6.10 Å². The third-order valence-corrected chi connectivity index (χ3v) is 5.49. The van der Waals surface area contributed by atoms with Crippen molar-refractivity contribution in [3.63, 3.8) is 0 Å². The Balaban J connectivity index is 1.55. The average Bonchev–Trinajstić information content (AvgIpc) is 3.23. The van der Waals surface area contributed by atoms with Gasteiger partial charge in [-0.15, -0.1) is 11.3 Å². The molecule has 3 heterocycles. The fourth-order valence-electron chi connectivity index (χ4n) is 3.28. The van der Waals surface area contributed by atoms with Crippen molar-refractivity contribution in [3.05, 3.63) is 68.9 Å². The fourth-order valence-corrected chi connectivity index (χ4v) is 4.09. The summed E-state index contributed by atoms with van der Waals surface area (Å²) in [6.07, 6.45) is -0.762. The summed E-state index contributed by atoms with van der Waals surface area (Å²) >= 11 is 1.54. The van der Waals surface area contributed by atoms with Crippen LogP contribution in [0.3, 0.4) is 0 Å². The molecule has 0 saturated heterocycles. The molecule has 0 radical (unpaired) electrons. The minimum atomic E-state index is -0.762. The molecule has 1 amide bonds. The maximum absolute atomic E-state index is 12.8. The number of amides is 1. The Bertz CT molecular complexity index is 948. The van der Waals surface area contributed by atoms with Crippen molar-refractivity contribution in [2.24, 2.45) is 0 Å². The number of nitrogens with zero attached hydrogens (tertiary/aromatic N) is 4. The second-order valence-electron chi connectivity index (χ2n) is 6.46. The monoisotopic (exact) mass is 368 g/mol. The van der Waals surface area contributed by atoms with Crippen LogP contribution < -0.4 is 0 Å². The highest BCUT2D eigenvalue weighted by atomic mass is 32.1. The van der Waals surface area contributed by atoms with E-state index in [0.29, 0.717) is 31.0 Å². The number of carbonyl (C=O) groups is 1. The predicted molar refractivity (Wildman–Crippen MR) is 99.1 cm³/mol. The summed E-state index contributed by atoms with van der Waals surface area (Å²) in [6.45, 7) is 5.52. The lowest BCUT2D eigenvalue weighted by molar-refractivity contribution is 0.0699. The zero-order valence-electron chi connectivity index (χ0n) is 14.7. The van der Waals surface area contributed by atoms with E-state index in [1.165, 1.54) is 0 Å². The number of benzene rings is 1. The molecule has 7 heteroatoms. The van der Waals surface area contributed by atoms with E-state index in [1.54, 1.807) is 16.2 Å². The Morgan fingerprint density at radius 2 is 2.00 bits per heavy atom. The Labute approximate surface area is 155 Å². The first-order valence-electron chi connectivity index (χ1n) is 8.56. The van der Waals surface area contributed by atoms with Crippen LogP contribution in [0.4, 0.5) is 0 Å². The number of hydrogen-bond acceptors (Lipinski definition) is 5. The van der Waals surface area contributed by atoms with Crippen LogP contribution in [0, 0.1) is 13.8 Å². The van der Waals surface area contributed by atoms with Gasteiger partial charge in [-0.1, -0.05) is 30.3 Å². The largest absolute Gasteiger partial charge is 0.382 e. The summed E-state index contributed by atoms with van der Waals surface area (Å²) in [6, 6.07) is 11.4. The summed E-state index contributed by atoms with van der Waals surface area (Å²) in [7, 11) is 0. The maximum atomic E-state index is 12.8. The second kappa shape index (κ2) is 6.66. The van der Waals surface area contributed by atoms with Gasteiger partial charge >= 0.3 is 0 Å². The van der Waals surface area contributed by atoms with Crippen molar-refractivity contribution < 1.29 is 9.90 Å². The predicted octanol–water partition coefficient (Wildman–Crippen LogP) is 2.69. The number of aliphatic hydroxyl groups is 1. The van der Waals surface area contributed by atoms with Crippen molar-refractivity contribution in [1.29, 1.82) is 0 Å². The van der Waals surface area contributed by atoms with Crippen LogP contribution >= 0.6 is 11.3 Å². The molecule has 0 spiro atoms. The van der Waals surface area contributed by atoms with Crippen LogP contribution in [0.15, 0.2) is 36.4 Å². The van der Waals surface area contributed by atoms with Crippen molar-refractivity contribution in [2.45, 2.75) is 33.0 Å². The third-order valence-electron chi connectivity index (χ3n) is 4.61. The van der Waals surface area contributed by atoms with Crippen molar-refractivity contribution in [3.8, 4) is 0 Å². The summed E-state index contributed by atoms with van der Waals surface area (Å²) in [5.74, 6) is -0.0375. The molecule has 3 aromatic rings. The van der Waals surface area contributed by atoms with Crippen molar-refractivity contribution in [2.75, 3.05) is 6.54 Å². The number of rotatable bonds is 3. The van der Waals surface area contributed by atoms with Gasteiger partial charge in [0.15, 0.2) is 0 Å². The molecule has 0 unspecified atom stereocenters. The minimum Gasteiger partial charge on any atom is -0.382 e. The van der Waals surface area contributed by atoms with Crippen LogP contribution in [-0.4, -0.2) is 37.2 Å². The number of aryl methyl sites for hydroxylation is 2. The molecule has 0 fully saturated rings. The molecule has 0 aliphatic carbocycles. The molecule has 1 aliphatic rings. The molecule has 134 valence electrons. The number of aromatic nitrogens is 3. The Hall–Kier alpha value is -2.51. The molecule has 0 bridgehead atoms. The Kier molecular flexibility index (Phi) is 4.34. The average molecular weight is 368 g/mol. The van der Waals surface area contributed by atoms with Gasteiger partial charge < -0.3 is 10.0 Å². The van der Waals surface area contributed by atoms with E-state index in [-0.39, 0.29) is 5.91 Å². The number of aliphatic hydroxyl groups excluding tert-OH is 1. The maximum Gasteiger partial charge on any atom is 0.274 e. The summed E-state index contributed by atoms with van der Waals surface area (Å²) < 4.78 is 1.88. The summed E-state index contributed by atoms with van der Waals surface area (Å²) in [5.41, 5.74) is 2.90. The smallest absolute Gasteiger partial charge is 0.274 e. The van der Waals surface area contributed by atoms with Gasteiger partial charge in [0.25, 0.3) is 5.91 Å². The van der Waals surface area contributed by atoms with Gasteiger partial charge in [0.05, 0.1) is 29.5 Å². The SMILES string of the molecule is Cc1nc(C(=O)N2CCn3nc([C@H](O)c4ccccc4)cc3C2)c(C)s1. The zero-order chi connectivity index (χ0) is 18.3. The van der Waals surface area contributed by atoms with Gasteiger partial charge in [-0.2, -0.15) is 5.10 Å². The minimum absolute atomic E-state index is 0.0375. The quantitative estimate of drug-likeness (QED) is 0.772. The summed E-state index contributed by atoms with van der Waals surface area (Å²) in [4.78, 5) is 19.9. The van der Waals surface area contributed by atoms with Crippen LogP contribution in [0.2, 0.25) is 0 Å². The van der Waals surface area contributed by atoms with Gasteiger partial charge in [-0.3, -0.25) is 9.48 Å². The highest BCUT2D eigenvalue weighted by molar-refractivity contribution is 7.11. The lowest BCUT2D eigenvalue weighted by atomic mass is 10.1. The van der Waals surface area contributed by atoms with Crippen LogP contribution in [0.5, 0.6) is 0 Å². The van der Waals surface area contributed by atoms with Gasteiger partial charge in [-0.25, -0.2) is 4.98 Å². The number of carbonyl (C=O) groups excluding carboxylic acids is 1. The molecule has 1 aromatic carbocycles. The first kappa shape index (κ1) is 16.9. The fraction of sp³-hybridized carbons (Fsp3) is 0.316. The normalized spacial score (nSPS) is 15.0. The summed E-state index contributed by atoms with van der Waals surface area (Å²) in [5, 5.41) is 16.0. The Morgan fingerprint density at radius 1 is 1.23 bits per heavy atom. The molecule has 2 aromatic heterocycles. The standard InChI is InChI=1S/C19H20N4O2S/c1-12-17(20-13(2)26-12)19(25)22-8-9-23-15(11-22)10-16(21-23)18(24)14-6-4-3-5-7-14/h3-7,10,18,24H,8-9,11H2,1-2H3/t18-/m1/s1. The lowest BCUT2D eigenvalue weighted by Gasteiger charge is -2.27.